The third-order valence-corrected chi connectivity index (χ3v) is 4.87. The lowest BCUT2D eigenvalue weighted by atomic mass is 10.1. The summed E-state index contributed by atoms with van der Waals surface area (Å²) in [6, 6.07) is 3.65. The van der Waals surface area contributed by atoms with Crippen LogP contribution in [-0.4, -0.2) is 38.1 Å². The van der Waals surface area contributed by atoms with Gasteiger partial charge in [0.2, 0.25) is 5.91 Å². The highest BCUT2D eigenvalue weighted by molar-refractivity contribution is 5.83. The minimum absolute atomic E-state index is 0.00605. The Balaban J connectivity index is 1.78. The van der Waals surface area contributed by atoms with Crippen molar-refractivity contribution in [3.63, 3.8) is 0 Å². The van der Waals surface area contributed by atoms with Gasteiger partial charge in [0.05, 0.1) is 5.52 Å². The molecule has 0 saturated carbocycles. The third-order valence-electron chi connectivity index (χ3n) is 4.87. The van der Waals surface area contributed by atoms with E-state index < -0.39 is 0 Å². The highest BCUT2D eigenvalue weighted by atomic mass is 16.3. The van der Waals surface area contributed by atoms with Crippen LogP contribution >= 0.6 is 0 Å². The van der Waals surface area contributed by atoms with Crippen molar-refractivity contribution in [2.75, 3.05) is 13.1 Å². The van der Waals surface area contributed by atoms with E-state index in [1.165, 1.54) is 4.68 Å². The van der Waals surface area contributed by atoms with Crippen LogP contribution in [0.25, 0.3) is 16.6 Å². The van der Waals surface area contributed by atoms with E-state index in [1.807, 2.05) is 29.2 Å². The lowest BCUT2D eigenvalue weighted by Crippen LogP contribution is -2.40. The molecule has 0 bridgehead atoms. The normalized spacial score (nSPS) is 15.4. The molecule has 4 heterocycles. The number of carbonyl (C=O) groups is 1. The number of rotatable bonds is 3. The molecule has 1 aliphatic rings. The van der Waals surface area contributed by atoms with E-state index in [1.54, 1.807) is 6.07 Å². The van der Waals surface area contributed by atoms with Crippen molar-refractivity contribution in [3.05, 3.63) is 34.1 Å². The standard InChI is InChI=1S/C18H22N4O3/c1-3-16-19-21(11-17(23)20-7-5-4-6-8-20)18(24)14-10-15-13(22(14)16)9-12(2)25-15/h9-10H,3-8,11H2,1-2H3. The first-order chi connectivity index (χ1) is 12.1. The summed E-state index contributed by atoms with van der Waals surface area (Å²) in [7, 11) is 0. The summed E-state index contributed by atoms with van der Waals surface area (Å²) in [6.45, 7) is 5.40. The number of likely N-dealkylation sites (tertiary alicyclic amines) is 1. The van der Waals surface area contributed by atoms with Gasteiger partial charge in [-0.3, -0.25) is 14.0 Å². The van der Waals surface area contributed by atoms with Crippen LogP contribution in [0.15, 0.2) is 21.3 Å². The molecule has 0 N–H and O–H groups in total. The van der Waals surface area contributed by atoms with Gasteiger partial charge in [-0.1, -0.05) is 6.92 Å². The smallest absolute Gasteiger partial charge is 0.291 e. The first kappa shape index (κ1) is 15.9. The molecule has 4 rings (SSSR count). The van der Waals surface area contributed by atoms with E-state index in [-0.39, 0.29) is 18.0 Å². The van der Waals surface area contributed by atoms with Gasteiger partial charge in [0.25, 0.3) is 5.56 Å². The van der Waals surface area contributed by atoms with Crippen LogP contribution in [0.5, 0.6) is 0 Å². The number of hydrogen-bond donors (Lipinski definition) is 0. The maximum absolute atomic E-state index is 12.8. The Kier molecular flexibility index (Phi) is 3.86. The zero-order valence-electron chi connectivity index (χ0n) is 14.6. The van der Waals surface area contributed by atoms with Gasteiger partial charge in [0, 0.05) is 31.6 Å². The first-order valence-electron chi connectivity index (χ1n) is 8.88. The Morgan fingerprint density at radius 3 is 2.68 bits per heavy atom. The molecular weight excluding hydrogens is 320 g/mol. The van der Waals surface area contributed by atoms with Crippen LogP contribution < -0.4 is 5.56 Å². The molecule has 0 atom stereocenters. The molecule has 1 amide bonds. The summed E-state index contributed by atoms with van der Waals surface area (Å²) >= 11 is 0. The molecule has 0 spiro atoms. The second-order valence-corrected chi connectivity index (χ2v) is 6.65. The second kappa shape index (κ2) is 6.06. The molecular formula is C18H22N4O3. The minimum Gasteiger partial charge on any atom is -0.460 e. The lowest BCUT2D eigenvalue weighted by molar-refractivity contribution is -0.133. The number of hydrogen-bond acceptors (Lipinski definition) is 4. The van der Waals surface area contributed by atoms with E-state index in [0.717, 1.165) is 49.5 Å². The third kappa shape index (κ3) is 2.63. The van der Waals surface area contributed by atoms with E-state index in [0.29, 0.717) is 17.5 Å². The van der Waals surface area contributed by atoms with Gasteiger partial charge in [0.15, 0.2) is 5.58 Å². The fourth-order valence-electron chi connectivity index (χ4n) is 3.62. The van der Waals surface area contributed by atoms with E-state index in [4.69, 9.17) is 4.42 Å². The fraction of sp³-hybridized carbons (Fsp3) is 0.500. The fourth-order valence-corrected chi connectivity index (χ4v) is 3.62. The summed E-state index contributed by atoms with van der Waals surface area (Å²) in [6.07, 6.45) is 3.88. The van der Waals surface area contributed by atoms with Crippen molar-refractivity contribution in [1.29, 1.82) is 0 Å². The molecule has 3 aromatic heterocycles. The molecule has 0 unspecified atom stereocenters. The van der Waals surface area contributed by atoms with Gasteiger partial charge < -0.3 is 9.32 Å². The number of aromatic nitrogens is 3. The van der Waals surface area contributed by atoms with Crippen molar-refractivity contribution >= 4 is 22.5 Å². The maximum atomic E-state index is 12.8. The second-order valence-electron chi connectivity index (χ2n) is 6.65. The van der Waals surface area contributed by atoms with Crippen molar-refractivity contribution in [1.82, 2.24) is 19.1 Å². The van der Waals surface area contributed by atoms with Gasteiger partial charge in [-0.2, -0.15) is 5.10 Å². The average molecular weight is 342 g/mol. The van der Waals surface area contributed by atoms with Gasteiger partial charge in [-0.05, 0) is 26.2 Å². The monoisotopic (exact) mass is 342 g/mol. The van der Waals surface area contributed by atoms with Crippen molar-refractivity contribution in [2.24, 2.45) is 0 Å². The number of piperidine rings is 1. The van der Waals surface area contributed by atoms with Crippen LogP contribution in [0.2, 0.25) is 0 Å². The molecule has 0 radical (unpaired) electrons. The van der Waals surface area contributed by atoms with Crippen molar-refractivity contribution in [2.45, 2.75) is 46.1 Å². The maximum Gasteiger partial charge on any atom is 0.291 e. The van der Waals surface area contributed by atoms with Gasteiger partial charge in [-0.25, -0.2) is 4.68 Å². The quantitative estimate of drug-likeness (QED) is 0.731. The topological polar surface area (TPSA) is 72.8 Å². The molecule has 7 heteroatoms. The van der Waals surface area contributed by atoms with Crippen LogP contribution in [0, 0.1) is 6.92 Å². The van der Waals surface area contributed by atoms with Crippen molar-refractivity contribution in [3.8, 4) is 0 Å². The Morgan fingerprint density at radius 1 is 1.20 bits per heavy atom. The number of amides is 1. The molecule has 3 aromatic rings. The molecule has 1 saturated heterocycles. The van der Waals surface area contributed by atoms with E-state index in [2.05, 4.69) is 5.10 Å². The molecule has 7 nitrogen and oxygen atoms in total. The number of aryl methyl sites for hydroxylation is 2. The van der Waals surface area contributed by atoms with Crippen LogP contribution in [0.4, 0.5) is 0 Å². The lowest BCUT2D eigenvalue weighted by Gasteiger charge is -2.26. The molecule has 25 heavy (non-hydrogen) atoms. The van der Waals surface area contributed by atoms with Crippen LogP contribution in [0.1, 0.15) is 37.8 Å². The Hall–Kier alpha value is -2.57. The highest BCUT2D eigenvalue weighted by Gasteiger charge is 2.20. The summed E-state index contributed by atoms with van der Waals surface area (Å²) < 4.78 is 8.80. The van der Waals surface area contributed by atoms with Gasteiger partial charge in [-0.15, -0.1) is 0 Å². The summed E-state index contributed by atoms with van der Waals surface area (Å²) in [5.41, 5.74) is 1.77. The summed E-state index contributed by atoms with van der Waals surface area (Å²) in [5, 5.41) is 4.46. The molecule has 1 aliphatic heterocycles. The highest BCUT2D eigenvalue weighted by Crippen LogP contribution is 2.23. The Bertz CT molecular complexity index is 1000. The van der Waals surface area contributed by atoms with E-state index >= 15 is 0 Å². The minimum atomic E-state index is -0.258. The van der Waals surface area contributed by atoms with Crippen molar-refractivity contribution < 1.29 is 9.21 Å². The molecule has 132 valence electrons. The zero-order chi connectivity index (χ0) is 17.6. The van der Waals surface area contributed by atoms with Gasteiger partial charge >= 0.3 is 0 Å². The number of carbonyl (C=O) groups excluding carboxylic acids is 1. The largest absolute Gasteiger partial charge is 0.460 e. The summed E-state index contributed by atoms with van der Waals surface area (Å²) in [4.78, 5) is 27.2. The Labute approximate surface area is 144 Å². The SMILES string of the molecule is CCc1nn(CC(=O)N2CCCCC2)c(=O)c2cc3oc(C)cc3n12. The Morgan fingerprint density at radius 2 is 1.96 bits per heavy atom. The predicted octanol–water partition coefficient (Wildman–Crippen LogP) is 2.13. The number of furan rings is 1. The van der Waals surface area contributed by atoms with Crippen LogP contribution in [0.3, 0.4) is 0 Å². The molecule has 0 aromatic carbocycles. The predicted molar refractivity (Wildman–Crippen MR) is 93.8 cm³/mol. The number of nitrogens with zero attached hydrogens (tertiary/aromatic N) is 4. The molecule has 0 aliphatic carbocycles. The van der Waals surface area contributed by atoms with Crippen LogP contribution in [-0.2, 0) is 17.8 Å². The average Bonchev–Trinajstić information content (AvgIpc) is 3.14. The summed E-state index contributed by atoms with van der Waals surface area (Å²) in [5.74, 6) is 1.51. The zero-order valence-corrected chi connectivity index (χ0v) is 14.6. The first-order valence-corrected chi connectivity index (χ1v) is 8.88. The van der Waals surface area contributed by atoms with Gasteiger partial charge in [0.1, 0.15) is 23.6 Å². The molecule has 1 fully saturated rings. The number of fused-ring (bicyclic) bond motifs is 3. The van der Waals surface area contributed by atoms with E-state index in [9.17, 15) is 9.59 Å².